The highest BCUT2D eigenvalue weighted by atomic mass is 32.2. The normalized spacial score (nSPS) is 14.9. The summed E-state index contributed by atoms with van der Waals surface area (Å²) in [5, 5.41) is 12.6. The number of hydrogen-bond donors (Lipinski definition) is 2. The summed E-state index contributed by atoms with van der Waals surface area (Å²) in [5.74, 6) is -1.79. The molecule has 6 nitrogen and oxygen atoms in total. The number of benzene rings is 1. The quantitative estimate of drug-likeness (QED) is 0.848. The Kier molecular flexibility index (Phi) is 4.70. The Labute approximate surface area is 138 Å². The van der Waals surface area contributed by atoms with E-state index in [-0.39, 0.29) is 17.0 Å². The molecule has 0 aliphatic carbocycles. The van der Waals surface area contributed by atoms with Crippen molar-refractivity contribution in [3.05, 3.63) is 35.8 Å². The zero-order valence-electron chi connectivity index (χ0n) is 12.0. The van der Waals surface area contributed by atoms with Gasteiger partial charge in [0.15, 0.2) is 0 Å². The molecule has 0 aliphatic rings. The molecule has 1 atom stereocenters. The van der Waals surface area contributed by atoms with E-state index in [1.54, 1.807) is 0 Å². The highest BCUT2D eigenvalue weighted by molar-refractivity contribution is 7.93. The fraction of sp³-hybridized carbons (Fsp3) is 0.231. The summed E-state index contributed by atoms with van der Waals surface area (Å²) in [6.07, 6.45) is -3.96. The van der Waals surface area contributed by atoms with Gasteiger partial charge in [-0.15, -0.1) is 11.3 Å². The van der Waals surface area contributed by atoms with E-state index in [9.17, 15) is 31.5 Å². The van der Waals surface area contributed by atoms with Gasteiger partial charge < -0.3 is 10.4 Å². The number of carbonyl (C=O) groups is 1. The molecule has 1 aromatic heterocycles. The molecule has 0 spiro atoms. The molecule has 1 aromatic carbocycles. The number of thiazole rings is 1. The van der Waals surface area contributed by atoms with Crippen LogP contribution in [0.4, 0.5) is 18.9 Å². The predicted molar refractivity (Wildman–Crippen MR) is 79.3 cm³/mol. The van der Waals surface area contributed by atoms with Crippen LogP contribution in [0.25, 0.3) is 0 Å². The van der Waals surface area contributed by atoms with Gasteiger partial charge in [-0.25, -0.2) is 13.4 Å². The van der Waals surface area contributed by atoms with Crippen molar-refractivity contribution >= 4 is 32.8 Å². The van der Waals surface area contributed by atoms with Gasteiger partial charge in [-0.1, -0.05) is 12.1 Å². The topological polar surface area (TPSA) is 96.4 Å². The highest BCUT2D eigenvalue weighted by Gasteiger charge is 2.55. The van der Waals surface area contributed by atoms with Crippen LogP contribution in [0.1, 0.15) is 6.92 Å². The minimum absolute atomic E-state index is 0.271. The lowest BCUT2D eigenvalue weighted by Gasteiger charge is -2.25. The Morgan fingerprint density at radius 2 is 1.92 bits per heavy atom. The third kappa shape index (κ3) is 3.28. The third-order valence-electron chi connectivity index (χ3n) is 3.06. The van der Waals surface area contributed by atoms with Crippen LogP contribution < -0.4 is 5.32 Å². The number of nitrogens with zero attached hydrogens (tertiary/aromatic N) is 1. The summed E-state index contributed by atoms with van der Waals surface area (Å²) >= 11 is 0.821. The maximum absolute atomic E-state index is 12.7. The number of rotatable bonds is 4. The first-order valence-corrected chi connectivity index (χ1v) is 8.68. The fourth-order valence-electron chi connectivity index (χ4n) is 1.61. The Hall–Kier alpha value is -1.98. The minimum atomic E-state index is -5.22. The van der Waals surface area contributed by atoms with Crippen LogP contribution >= 0.6 is 11.3 Å². The van der Waals surface area contributed by atoms with Crippen molar-refractivity contribution in [1.82, 2.24) is 4.98 Å². The molecule has 2 rings (SSSR count). The average molecular weight is 380 g/mol. The first-order chi connectivity index (χ1) is 11.0. The van der Waals surface area contributed by atoms with Crippen molar-refractivity contribution in [3.8, 4) is 0 Å². The first kappa shape index (κ1) is 18.4. The second-order valence-corrected chi connectivity index (χ2v) is 7.81. The first-order valence-electron chi connectivity index (χ1n) is 6.32. The molecule has 0 saturated carbocycles. The number of hydrogen-bond acceptors (Lipinski definition) is 6. The maximum Gasteiger partial charge on any atom is 0.426 e. The summed E-state index contributed by atoms with van der Waals surface area (Å²) in [6, 6.07) is 4.91. The summed E-state index contributed by atoms with van der Waals surface area (Å²) < 4.78 is 62.8. The van der Waals surface area contributed by atoms with Crippen molar-refractivity contribution in [2.75, 3.05) is 5.32 Å². The van der Waals surface area contributed by atoms with Gasteiger partial charge in [0.2, 0.25) is 19.8 Å². The van der Waals surface area contributed by atoms with Crippen molar-refractivity contribution in [1.29, 1.82) is 0 Å². The number of halogens is 3. The van der Waals surface area contributed by atoms with Gasteiger partial charge in [0.1, 0.15) is 0 Å². The molecule has 2 N–H and O–H groups in total. The van der Waals surface area contributed by atoms with Crippen LogP contribution in [0.15, 0.2) is 45.1 Å². The lowest BCUT2D eigenvalue weighted by atomic mass is 10.1. The molecular formula is C13H11F3N2O4S2. The van der Waals surface area contributed by atoms with E-state index in [1.165, 1.54) is 23.7 Å². The number of para-hydroxylation sites is 1. The van der Waals surface area contributed by atoms with Crippen LogP contribution in [-0.4, -0.2) is 36.2 Å². The van der Waals surface area contributed by atoms with Gasteiger partial charge in [0.05, 0.1) is 10.6 Å². The Morgan fingerprint density at radius 1 is 1.29 bits per heavy atom. The molecule has 1 unspecified atom stereocenters. The lowest BCUT2D eigenvalue weighted by Crippen LogP contribution is -2.52. The van der Waals surface area contributed by atoms with Crippen molar-refractivity contribution in [3.63, 3.8) is 0 Å². The molecule has 11 heteroatoms. The summed E-state index contributed by atoms with van der Waals surface area (Å²) in [6.45, 7) is 0.278. The number of sulfone groups is 1. The van der Waals surface area contributed by atoms with Gasteiger partial charge >= 0.3 is 6.18 Å². The second-order valence-electron chi connectivity index (χ2n) is 4.82. The zero-order valence-corrected chi connectivity index (χ0v) is 13.7. The van der Waals surface area contributed by atoms with Crippen LogP contribution in [0.3, 0.4) is 0 Å². The smallest absolute Gasteiger partial charge is 0.373 e. The molecule has 0 radical (unpaired) electrons. The summed E-state index contributed by atoms with van der Waals surface area (Å²) in [5.41, 5.74) is -4.06. The van der Waals surface area contributed by atoms with Gasteiger partial charge in [0, 0.05) is 11.6 Å². The molecule has 1 heterocycles. The van der Waals surface area contributed by atoms with Crippen molar-refractivity contribution in [2.45, 2.75) is 27.9 Å². The molecule has 0 aliphatic heterocycles. The molecule has 1 amide bonds. The fourth-order valence-corrected chi connectivity index (χ4v) is 3.97. The summed E-state index contributed by atoms with van der Waals surface area (Å²) in [4.78, 5) is 15.0. The standard InChI is InChI=1S/C13H11F3N2O4S2/c1-12(20,13(14,15)16)10(19)18-8-4-2-3-5-9(8)24(21,22)11-17-6-7-23-11/h2-7,20H,1H3,(H,18,19). The van der Waals surface area contributed by atoms with Crippen molar-refractivity contribution < 1.29 is 31.5 Å². The van der Waals surface area contributed by atoms with Gasteiger partial charge in [-0.3, -0.25) is 4.79 Å². The largest absolute Gasteiger partial charge is 0.426 e. The van der Waals surface area contributed by atoms with E-state index in [1.807, 2.05) is 5.32 Å². The zero-order chi connectivity index (χ0) is 18.2. The minimum Gasteiger partial charge on any atom is -0.373 e. The molecule has 0 fully saturated rings. The van der Waals surface area contributed by atoms with Gasteiger partial charge in [-0.2, -0.15) is 13.2 Å². The molecule has 0 bridgehead atoms. The third-order valence-corrected chi connectivity index (χ3v) is 6.07. The van der Waals surface area contributed by atoms with E-state index in [0.717, 1.165) is 23.5 Å². The van der Waals surface area contributed by atoms with Crippen LogP contribution in [0.5, 0.6) is 0 Å². The molecule has 24 heavy (non-hydrogen) atoms. The second kappa shape index (κ2) is 6.15. The Balaban J connectivity index is 2.43. The van der Waals surface area contributed by atoms with E-state index < -0.39 is 32.4 Å². The number of alkyl halides is 3. The lowest BCUT2D eigenvalue weighted by molar-refractivity contribution is -0.242. The van der Waals surface area contributed by atoms with E-state index in [2.05, 4.69) is 4.98 Å². The average Bonchev–Trinajstić information content (AvgIpc) is 3.01. The van der Waals surface area contributed by atoms with Crippen LogP contribution in [-0.2, 0) is 14.6 Å². The molecule has 130 valence electrons. The maximum atomic E-state index is 12.7. The Bertz CT molecular complexity index is 846. The number of nitrogens with one attached hydrogen (secondary N) is 1. The molecule has 2 aromatic rings. The van der Waals surface area contributed by atoms with E-state index >= 15 is 0 Å². The van der Waals surface area contributed by atoms with Crippen LogP contribution in [0, 0.1) is 0 Å². The number of amides is 1. The number of aromatic nitrogens is 1. The molecular weight excluding hydrogens is 369 g/mol. The highest BCUT2D eigenvalue weighted by Crippen LogP contribution is 2.33. The SMILES string of the molecule is CC(O)(C(=O)Nc1ccccc1S(=O)(=O)c1nccs1)C(F)(F)F. The summed E-state index contributed by atoms with van der Waals surface area (Å²) in [7, 11) is -4.12. The monoisotopic (exact) mass is 380 g/mol. The predicted octanol–water partition coefficient (Wildman–Crippen LogP) is 2.23. The number of anilines is 1. The van der Waals surface area contributed by atoms with E-state index in [0.29, 0.717) is 0 Å². The number of carbonyl (C=O) groups excluding carboxylic acids is 1. The van der Waals surface area contributed by atoms with Crippen LogP contribution in [0.2, 0.25) is 0 Å². The molecule has 0 saturated heterocycles. The van der Waals surface area contributed by atoms with E-state index in [4.69, 9.17) is 0 Å². The van der Waals surface area contributed by atoms with Gasteiger partial charge in [0.25, 0.3) is 5.91 Å². The van der Waals surface area contributed by atoms with Gasteiger partial charge in [-0.05, 0) is 19.1 Å². The Morgan fingerprint density at radius 3 is 2.46 bits per heavy atom. The van der Waals surface area contributed by atoms with Crippen molar-refractivity contribution in [2.24, 2.45) is 0 Å². The number of aliphatic hydroxyl groups is 1.